The van der Waals surface area contributed by atoms with Crippen molar-refractivity contribution in [3.05, 3.63) is 22.8 Å². The zero-order valence-electron chi connectivity index (χ0n) is 10.7. The second kappa shape index (κ2) is 6.33. The van der Waals surface area contributed by atoms with Gasteiger partial charge in [-0.3, -0.25) is 4.90 Å². The van der Waals surface area contributed by atoms with Crippen LogP contribution in [0, 0.1) is 0 Å². The third-order valence-corrected chi connectivity index (χ3v) is 3.70. The maximum atomic E-state index is 6.16. The van der Waals surface area contributed by atoms with Crippen molar-refractivity contribution in [2.75, 3.05) is 38.1 Å². The van der Waals surface area contributed by atoms with Gasteiger partial charge in [-0.05, 0) is 18.7 Å². The molecule has 3 N–H and O–H groups in total. The van der Waals surface area contributed by atoms with Crippen molar-refractivity contribution in [1.29, 1.82) is 0 Å². The number of aromatic nitrogens is 1. The average molecular weight is 270 g/mol. The molecule has 1 aliphatic heterocycles. The van der Waals surface area contributed by atoms with E-state index in [-0.39, 0.29) is 0 Å². The van der Waals surface area contributed by atoms with Gasteiger partial charge in [0.15, 0.2) is 0 Å². The van der Waals surface area contributed by atoms with E-state index in [2.05, 4.69) is 27.1 Å². The number of anilines is 1. The van der Waals surface area contributed by atoms with Crippen LogP contribution in [0.5, 0.6) is 0 Å². The van der Waals surface area contributed by atoms with E-state index >= 15 is 0 Å². The molecule has 0 saturated carbocycles. The molecule has 1 aromatic rings. The highest BCUT2D eigenvalue weighted by molar-refractivity contribution is 6.31. The molecular weight excluding hydrogens is 250 g/mol. The van der Waals surface area contributed by atoms with E-state index in [1.54, 1.807) is 6.07 Å². The lowest BCUT2D eigenvalue weighted by atomic mass is 10.2. The molecule has 0 spiro atoms. The zero-order chi connectivity index (χ0) is 13.0. The van der Waals surface area contributed by atoms with Gasteiger partial charge in [-0.15, -0.1) is 0 Å². The number of nitrogens with zero attached hydrogens (tertiary/aromatic N) is 3. The summed E-state index contributed by atoms with van der Waals surface area (Å²) < 4.78 is 0. The molecule has 100 valence electrons. The molecule has 18 heavy (non-hydrogen) atoms. The standard InChI is InChI=1S/C12H20ClN5/c1-2-17-5-7-18(8-6-17)9-11-10(13)3-4-12(15-11)16-14/h3-4H,2,5-9,14H2,1H3,(H,15,16). The SMILES string of the molecule is CCN1CCN(Cc2nc(NN)ccc2Cl)CC1. The number of nitrogens with two attached hydrogens (primary N) is 1. The fourth-order valence-corrected chi connectivity index (χ4v) is 2.32. The molecule has 0 bridgehead atoms. The highest BCUT2D eigenvalue weighted by Gasteiger charge is 2.17. The highest BCUT2D eigenvalue weighted by Crippen LogP contribution is 2.18. The third kappa shape index (κ3) is 3.32. The fraction of sp³-hybridized carbons (Fsp3) is 0.583. The second-order valence-electron chi connectivity index (χ2n) is 4.48. The number of hydrogen-bond donors (Lipinski definition) is 2. The molecule has 1 fully saturated rings. The van der Waals surface area contributed by atoms with E-state index in [0.717, 1.165) is 45.0 Å². The quantitative estimate of drug-likeness (QED) is 0.635. The van der Waals surface area contributed by atoms with Gasteiger partial charge in [0.1, 0.15) is 5.82 Å². The van der Waals surface area contributed by atoms with Crippen LogP contribution in [0.15, 0.2) is 12.1 Å². The van der Waals surface area contributed by atoms with Gasteiger partial charge in [0, 0.05) is 32.7 Å². The van der Waals surface area contributed by atoms with Crippen LogP contribution in [-0.4, -0.2) is 47.5 Å². The Balaban J connectivity index is 1.97. The fourth-order valence-electron chi connectivity index (χ4n) is 2.15. The minimum absolute atomic E-state index is 0.654. The van der Waals surface area contributed by atoms with Crippen molar-refractivity contribution in [3.63, 3.8) is 0 Å². The molecule has 2 heterocycles. The minimum atomic E-state index is 0.654. The number of rotatable bonds is 4. The summed E-state index contributed by atoms with van der Waals surface area (Å²) in [6.07, 6.45) is 0. The molecule has 0 radical (unpaired) electrons. The van der Waals surface area contributed by atoms with Crippen LogP contribution in [0.25, 0.3) is 0 Å². The second-order valence-corrected chi connectivity index (χ2v) is 4.89. The smallest absolute Gasteiger partial charge is 0.140 e. The van der Waals surface area contributed by atoms with Crippen molar-refractivity contribution >= 4 is 17.4 Å². The molecule has 1 saturated heterocycles. The van der Waals surface area contributed by atoms with E-state index in [9.17, 15) is 0 Å². The molecule has 0 aromatic carbocycles. The summed E-state index contributed by atoms with van der Waals surface area (Å²) in [5, 5.41) is 0.701. The van der Waals surface area contributed by atoms with Crippen LogP contribution in [0.4, 0.5) is 5.82 Å². The number of pyridine rings is 1. The van der Waals surface area contributed by atoms with Crippen LogP contribution in [0.1, 0.15) is 12.6 Å². The molecule has 6 heteroatoms. The molecule has 5 nitrogen and oxygen atoms in total. The Labute approximate surface area is 113 Å². The lowest BCUT2D eigenvalue weighted by molar-refractivity contribution is 0.131. The van der Waals surface area contributed by atoms with Crippen molar-refractivity contribution in [3.8, 4) is 0 Å². The van der Waals surface area contributed by atoms with Gasteiger partial charge in [-0.2, -0.15) is 0 Å². The largest absolute Gasteiger partial charge is 0.308 e. The molecule has 0 amide bonds. The Morgan fingerprint density at radius 1 is 1.28 bits per heavy atom. The number of hydrazine groups is 1. The zero-order valence-corrected chi connectivity index (χ0v) is 11.5. The van der Waals surface area contributed by atoms with Gasteiger partial charge in [0.2, 0.25) is 0 Å². The highest BCUT2D eigenvalue weighted by atomic mass is 35.5. The summed E-state index contributed by atoms with van der Waals surface area (Å²) in [7, 11) is 0. The Morgan fingerprint density at radius 2 is 1.94 bits per heavy atom. The Bertz CT molecular complexity index is 390. The molecule has 1 aliphatic rings. The van der Waals surface area contributed by atoms with Crippen LogP contribution in [-0.2, 0) is 6.54 Å². The average Bonchev–Trinajstić information content (AvgIpc) is 2.42. The van der Waals surface area contributed by atoms with Crippen LogP contribution in [0.2, 0.25) is 5.02 Å². The van der Waals surface area contributed by atoms with Crippen molar-refractivity contribution in [1.82, 2.24) is 14.8 Å². The minimum Gasteiger partial charge on any atom is -0.308 e. The number of nitrogens with one attached hydrogen (secondary N) is 1. The Morgan fingerprint density at radius 3 is 2.56 bits per heavy atom. The first-order valence-corrected chi connectivity index (χ1v) is 6.67. The van der Waals surface area contributed by atoms with Crippen molar-refractivity contribution < 1.29 is 0 Å². The summed E-state index contributed by atoms with van der Waals surface area (Å²) in [4.78, 5) is 9.22. The van der Waals surface area contributed by atoms with Gasteiger partial charge < -0.3 is 10.3 Å². The Hall–Kier alpha value is -0.880. The van der Waals surface area contributed by atoms with Gasteiger partial charge in [-0.25, -0.2) is 10.8 Å². The molecule has 0 aliphatic carbocycles. The van der Waals surface area contributed by atoms with Gasteiger partial charge >= 0.3 is 0 Å². The molecule has 0 unspecified atom stereocenters. The predicted molar refractivity (Wildman–Crippen MR) is 74.4 cm³/mol. The number of halogens is 1. The van der Waals surface area contributed by atoms with Gasteiger partial charge in [0.05, 0.1) is 10.7 Å². The Kier molecular flexibility index (Phi) is 4.77. The molecular formula is C12H20ClN5. The van der Waals surface area contributed by atoms with E-state index < -0.39 is 0 Å². The van der Waals surface area contributed by atoms with Crippen LogP contribution in [0.3, 0.4) is 0 Å². The maximum Gasteiger partial charge on any atom is 0.140 e. The van der Waals surface area contributed by atoms with Crippen molar-refractivity contribution in [2.45, 2.75) is 13.5 Å². The molecule has 2 rings (SSSR count). The van der Waals surface area contributed by atoms with E-state index in [4.69, 9.17) is 17.4 Å². The first kappa shape index (κ1) is 13.5. The maximum absolute atomic E-state index is 6.16. The topological polar surface area (TPSA) is 57.4 Å². The molecule has 0 atom stereocenters. The summed E-state index contributed by atoms with van der Waals surface area (Å²) in [5.41, 5.74) is 3.44. The monoisotopic (exact) mass is 269 g/mol. The third-order valence-electron chi connectivity index (χ3n) is 3.35. The van der Waals surface area contributed by atoms with Crippen molar-refractivity contribution in [2.24, 2.45) is 5.84 Å². The number of hydrogen-bond acceptors (Lipinski definition) is 5. The van der Waals surface area contributed by atoms with Crippen LogP contribution >= 0.6 is 11.6 Å². The van der Waals surface area contributed by atoms with Gasteiger partial charge in [0.25, 0.3) is 0 Å². The van der Waals surface area contributed by atoms with E-state index in [1.807, 2.05) is 6.07 Å². The van der Waals surface area contributed by atoms with Gasteiger partial charge in [-0.1, -0.05) is 18.5 Å². The summed E-state index contributed by atoms with van der Waals surface area (Å²) >= 11 is 6.16. The normalized spacial score (nSPS) is 17.9. The van der Waals surface area contributed by atoms with E-state index in [1.165, 1.54) is 0 Å². The summed E-state index contributed by atoms with van der Waals surface area (Å²) in [6.45, 7) is 8.46. The summed E-state index contributed by atoms with van der Waals surface area (Å²) in [5.74, 6) is 6.02. The number of nitrogen functional groups attached to an aromatic ring is 1. The number of piperazine rings is 1. The van der Waals surface area contributed by atoms with E-state index in [0.29, 0.717) is 10.8 Å². The number of likely N-dealkylation sites (N-methyl/N-ethyl adjacent to an activating group) is 1. The molecule has 1 aromatic heterocycles. The predicted octanol–water partition coefficient (Wildman–Crippen LogP) is 1.16. The van der Waals surface area contributed by atoms with Crippen LogP contribution < -0.4 is 11.3 Å². The lowest BCUT2D eigenvalue weighted by Gasteiger charge is -2.33. The first-order chi connectivity index (χ1) is 8.72. The summed E-state index contributed by atoms with van der Waals surface area (Å²) in [6, 6.07) is 3.61. The first-order valence-electron chi connectivity index (χ1n) is 6.29. The lowest BCUT2D eigenvalue weighted by Crippen LogP contribution is -2.45.